The van der Waals surface area contributed by atoms with Gasteiger partial charge in [0, 0.05) is 44.0 Å². The maximum absolute atomic E-state index is 12.2. The van der Waals surface area contributed by atoms with Gasteiger partial charge in [-0.2, -0.15) is 0 Å². The number of rotatable bonds is 16. The second-order valence-corrected chi connectivity index (χ2v) is 13.1. The first-order chi connectivity index (χ1) is 24.2. The Balaban J connectivity index is 1.26. The zero-order chi connectivity index (χ0) is 35.5. The second kappa shape index (κ2) is 18.0. The van der Waals surface area contributed by atoms with Crippen molar-refractivity contribution < 1.29 is 34.4 Å². The van der Waals surface area contributed by atoms with Gasteiger partial charge in [0.2, 0.25) is 5.91 Å². The SMILES string of the molecule is C[C@@H]([C@H](O)c1ccccc1)N(C)C[C@@H]1C[C@H](c2ccc(CO)cc2)O[C@H](c2ccc(-c3cccc(CNC(=O)CCCCC(=O)O)c3)cc2)O1. The summed E-state index contributed by atoms with van der Waals surface area (Å²) in [5.74, 6) is -0.937. The number of carbonyl (C=O) groups is 2. The molecule has 1 heterocycles. The standard InChI is InChI=1S/C41H48N2O7/c1-28(40(48)33-10-4-3-5-11-33)43(2)26-36-24-37(32-17-15-29(27-44)16-18-32)50-41(49-36)34-21-19-31(20-22-34)35-12-8-9-30(23-35)25-42-38(45)13-6-7-14-39(46)47/h3-5,8-12,15-23,28,36-37,40-41,44,48H,6-7,13-14,24-27H2,1-2H3,(H,42,45)(H,46,47)/t28-,36-,37+,40-,41+/m0/s1. The van der Waals surface area contributed by atoms with E-state index in [-0.39, 0.29) is 37.2 Å². The van der Waals surface area contributed by atoms with Crippen molar-refractivity contribution in [3.05, 3.63) is 131 Å². The normalized spacial score (nSPS) is 18.8. The number of carboxylic acid groups (broad SMARTS) is 1. The molecule has 0 spiro atoms. The molecule has 1 saturated heterocycles. The fraction of sp³-hybridized carbons (Fsp3) is 0.366. The van der Waals surface area contributed by atoms with Gasteiger partial charge in [-0.1, -0.05) is 97.1 Å². The number of ether oxygens (including phenoxy) is 2. The van der Waals surface area contributed by atoms with Crippen LogP contribution in [0.2, 0.25) is 0 Å². The van der Waals surface area contributed by atoms with Gasteiger partial charge in [-0.05, 0) is 66.3 Å². The smallest absolute Gasteiger partial charge is 0.303 e. The molecule has 0 aliphatic carbocycles. The molecule has 0 saturated carbocycles. The van der Waals surface area contributed by atoms with Crippen molar-refractivity contribution in [2.45, 2.75) is 82.8 Å². The Bertz CT molecular complexity index is 1660. The number of aliphatic carboxylic acids is 1. The number of nitrogens with one attached hydrogen (secondary N) is 1. The third kappa shape index (κ3) is 10.3. The zero-order valence-electron chi connectivity index (χ0n) is 28.8. The van der Waals surface area contributed by atoms with Gasteiger partial charge in [0.15, 0.2) is 6.29 Å². The first-order valence-electron chi connectivity index (χ1n) is 17.3. The monoisotopic (exact) mass is 680 g/mol. The summed E-state index contributed by atoms with van der Waals surface area (Å²) in [5.41, 5.74) is 6.62. The molecule has 5 atom stereocenters. The number of carbonyl (C=O) groups excluding carboxylic acids is 1. The van der Waals surface area contributed by atoms with Crippen LogP contribution >= 0.6 is 0 Å². The number of amides is 1. The highest BCUT2D eigenvalue weighted by molar-refractivity contribution is 5.76. The van der Waals surface area contributed by atoms with Crippen molar-refractivity contribution in [3.63, 3.8) is 0 Å². The van der Waals surface area contributed by atoms with E-state index in [9.17, 15) is 19.8 Å². The Hall–Kier alpha value is -4.38. The van der Waals surface area contributed by atoms with Crippen LogP contribution in [0.1, 0.15) is 85.3 Å². The van der Waals surface area contributed by atoms with Crippen LogP contribution < -0.4 is 5.32 Å². The van der Waals surface area contributed by atoms with E-state index in [1.807, 2.05) is 111 Å². The summed E-state index contributed by atoms with van der Waals surface area (Å²) in [7, 11) is 2.01. The summed E-state index contributed by atoms with van der Waals surface area (Å²) in [6.45, 7) is 2.99. The van der Waals surface area contributed by atoms with Gasteiger partial charge in [0.05, 0.1) is 24.9 Å². The lowest BCUT2D eigenvalue weighted by Crippen LogP contribution is -2.43. The summed E-state index contributed by atoms with van der Waals surface area (Å²) in [5, 5.41) is 32.3. The van der Waals surface area contributed by atoms with E-state index in [4.69, 9.17) is 14.6 Å². The van der Waals surface area contributed by atoms with Gasteiger partial charge in [0.1, 0.15) is 0 Å². The average Bonchev–Trinajstić information content (AvgIpc) is 3.15. The van der Waals surface area contributed by atoms with Crippen LogP contribution in [0.15, 0.2) is 103 Å². The number of benzene rings is 4. The lowest BCUT2D eigenvalue weighted by atomic mass is 9.98. The Morgan fingerprint density at radius 3 is 2.24 bits per heavy atom. The molecule has 1 fully saturated rings. The predicted octanol–water partition coefficient (Wildman–Crippen LogP) is 6.71. The molecule has 1 aliphatic heterocycles. The first-order valence-corrected chi connectivity index (χ1v) is 17.3. The van der Waals surface area contributed by atoms with Gasteiger partial charge >= 0.3 is 5.97 Å². The first kappa shape index (κ1) is 36.9. The van der Waals surface area contributed by atoms with E-state index in [1.54, 1.807) is 0 Å². The predicted molar refractivity (Wildman–Crippen MR) is 192 cm³/mol. The number of hydrogen-bond donors (Lipinski definition) is 4. The van der Waals surface area contributed by atoms with Crippen LogP contribution in [0.3, 0.4) is 0 Å². The number of likely N-dealkylation sites (N-methyl/N-ethyl adjacent to an activating group) is 1. The van der Waals surface area contributed by atoms with Crippen molar-refractivity contribution in [1.29, 1.82) is 0 Å². The molecule has 9 heteroatoms. The third-order valence-corrected chi connectivity index (χ3v) is 9.38. The van der Waals surface area contributed by atoms with Crippen LogP contribution in [-0.4, -0.2) is 57.8 Å². The van der Waals surface area contributed by atoms with E-state index in [0.29, 0.717) is 38.8 Å². The highest BCUT2D eigenvalue weighted by atomic mass is 16.7. The number of hydrogen-bond acceptors (Lipinski definition) is 7. The van der Waals surface area contributed by atoms with Crippen LogP contribution in [0.5, 0.6) is 0 Å². The van der Waals surface area contributed by atoms with Crippen molar-refractivity contribution in [1.82, 2.24) is 10.2 Å². The molecule has 0 radical (unpaired) electrons. The van der Waals surface area contributed by atoms with E-state index in [2.05, 4.69) is 16.3 Å². The molecule has 264 valence electrons. The topological polar surface area (TPSA) is 129 Å². The molecule has 0 aromatic heterocycles. The minimum absolute atomic E-state index is 0.0212. The average molecular weight is 681 g/mol. The summed E-state index contributed by atoms with van der Waals surface area (Å²) in [6.07, 6.45) is 0.403. The van der Waals surface area contributed by atoms with Crippen LogP contribution in [0.4, 0.5) is 0 Å². The van der Waals surface area contributed by atoms with Crippen molar-refractivity contribution >= 4 is 11.9 Å². The summed E-state index contributed by atoms with van der Waals surface area (Å²) in [4.78, 5) is 25.1. The minimum Gasteiger partial charge on any atom is -0.481 e. The van der Waals surface area contributed by atoms with E-state index in [1.165, 1.54) is 0 Å². The van der Waals surface area contributed by atoms with Gasteiger partial charge in [-0.25, -0.2) is 0 Å². The molecule has 1 amide bonds. The Morgan fingerprint density at radius 1 is 0.840 bits per heavy atom. The fourth-order valence-electron chi connectivity index (χ4n) is 6.23. The fourth-order valence-corrected chi connectivity index (χ4v) is 6.23. The molecule has 1 aliphatic rings. The molecule has 5 rings (SSSR count). The number of aliphatic hydroxyl groups is 2. The van der Waals surface area contributed by atoms with Gasteiger partial charge in [-0.15, -0.1) is 0 Å². The summed E-state index contributed by atoms with van der Waals surface area (Å²) < 4.78 is 13.2. The number of nitrogens with zero attached hydrogens (tertiary/aromatic N) is 1. The highest BCUT2D eigenvalue weighted by Gasteiger charge is 2.34. The van der Waals surface area contributed by atoms with Crippen molar-refractivity contribution in [2.24, 2.45) is 0 Å². The molecule has 4 aromatic rings. The van der Waals surface area contributed by atoms with Crippen LogP contribution in [0, 0.1) is 0 Å². The van der Waals surface area contributed by atoms with Gasteiger partial charge in [0.25, 0.3) is 0 Å². The van der Waals surface area contributed by atoms with E-state index < -0.39 is 18.4 Å². The molecule has 0 bridgehead atoms. The zero-order valence-corrected chi connectivity index (χ0v) is 28.8. The molecule has 0 unspecified atom stereocenters. The van der Waals surface area contributed by atoms with E-state index >= 15 is 0 Å². The van der Waals surface area contributed by atoms with Gasteiger partial charge < -0.3 is 30.1 Å². The second-order valence-electron chi connectivity index (χ2n) is 13.1. The Kier molecular flexibility index (Phi) is 13.3. The molecule has 9 nitrogen and oxygen atoms in total. The minimum atomic E-state index is -0.846. The third-order valence-electron chi connectivity index (χ3n) is 9.38. The van der Waals surface area contributed by atoms with Crippen LogP contribution in [-0.2, 0) is 32.2 Å². The maximum Gasteiger partial charge on any atom is 0.303 e. The van der Waals surface area contributed by atoms with E-state index in [0.717, 1.165) is 38.9 Å². The molecule has 4 aromatic carbocycles. The van der Waals surface area contributed by atoms with Gasteiger partial charge in [-0.3, -0.25) is 14.5 Å². The van der Waals surface area contributed by atoms with Crippen LogP contribution in [0.25, 0.3) is 11.1 Å². The summed E-state index contributed by atoms with van der Waals surface area (Å²) in [6, 6.07) is 33.5. The summed E-state index contributed by atoms with van der Waals surface area (Å²) >= 11 is 0. The molecule has 50 heavy (non-hydrogen) atoms. The number of unbranched alkanes of at least 4 members (excludes halogenated alkanes) is 1. The largest absolute Gasteiger partial charge is 0.481 e. The lowest BCUT2D eigenvalue weighted by molar-refractivity contribution is -0.253. The molecular weight excluding hydrogens is 632 g/mol. The quantitative estimate of drug-likeness (QED) is 0.0963. The van der Waals surface area contributed by atoms with Crippen molar-refractivity contribution in [2.75, 3.05) is 13.6 Å². The lowest BCUT2D eigenvalue weighted by Gasteiger charge is -2.39. The Morgan fingerprint density at radius 2 is 1.54 bits per heavy atom. The molecule has 4 N–H and O–H groups in total. The number of carboxylic acids is 1. The van der Waals surface area contributed by atoms with Crippen molar-refractivity contribution in [3.8, 4) is 11.1 Å². The molecular formula is C41H48N2O7. The Labute approximate surface area is 294 Å². The maximum atomic E-state index is 12.2. The highest BCUT2D eigenvalue weighted by Crippen LogP contribution is 2.39. The number of aliphatic hydroxyl groups excluding tert-OH is 2.